The number of nitrogens with two attached hydrogens (primary N) is 1. The molecular weight excluding hydrogens is 290 g/mol. The molecular formula is C14H17N3O5. The van der Waals surface area contributed by atoms with Gasteiger partial charge in [-0.1, -0.05) is 35.5 Å². The Kier molecular flexibility index (Phi) is 5.62. The molecule has 0 atom stereocenters. The molecule has 0 unspecified atom stereocenters. The number of hydrogen-bond donors (Lipinski definition) is 2. The van der Waals surface area contributed by atoms with E-state index in [4.69, 9.17) is 10.6 Å². The summed E-state index contributed by atoms with van der Waals surface area (Å²) in [5.41, 5.74) is 3.71. The molecule has 118 valence electrons. The predicted molar refractivity (Wildman–Crippen MR) is 77.9 cm³/mol. The van der Waals surface area contributed by atoms with Crippen LogP contribution in [0.1, 0.15) is 19.4 Å². The first-order valence-corrected chi connectivity index (χ1v) is 6.28. The topological polar surface area (TPSA) is 120 Å². The van der Waals surface area contributed by atoms with Gasteiger partial charge in [-0.25, -0.2) is 9.59 Å². The fourth-order valence-electron chi connectivity index (χ4n) is 1.36. The fourth-order valence-corrected chi connectivity index (χ4v) is 1.36. The van der Waals surface area contributed by atoms with Gasteiger partial charge in [0, 0.05) is 5.56 Å². The van der Waals surface area contributed by atoms with Crippen LogP contribution in [0.3, 0.4) is 0 Å². The summed E-state index contributed by atoms with van der Waals surface area (Å²) in [6, 6.07) is 7.44. The molecule has 8 nitrogen and oxygen atoms in total. The average Bonchev–Trinajstić information content (AvgIpc) is 2.47. The highest BCUT2D eigenvalue weighted by atomic mass is 16.7. The Morgan fingerprint density at radius 2 is 1.77 bits per heavy atom. The molecule has 1 rings (SSSR count). The van der Waals surface area contributed by atoms with Crippen molar-refractivity contribution in [2.24, 2.45) is 10.9 Å². The van der Waals surface area contributed by atoms with Gasteiger partial charge in [0.25, 0.3) is 5.91 Å². The maximum atomic E-state index is 11.8. The van der Waals surface area contributed by atoms with Gasteiger partial charge in [0.2, 0.25) is 5.60 Å². The highest BCUT2D eigenvalue weighted by Crippen LogP contribution is 2.12. The van der Waals surface area contributed by atoms with Crippen molar-refractivity contribution in [1.29, 1.82) is 0 Å². The molecule has 0 fully saturated rings. The van der Waals surface area contributed by atoms with Gasteiger partial charge in [-0.2, -0.15) is 0 Å². The summed E-state index contributed by atoms with van der Waals surface area (Å²) in [5, 5.41) is 5.57. The second-order valence-electron chi connectivity index (χ2n) is 4.72. The van der Waals surface area contributed by atoms with Gasteiger partial charge in [-0.15, -0.1) is 0 Å². The number of amides is 3. The average molecular weight is 307 g/mol. The zero-order valence-electron chi connectivity index (χ0n) is 12.5. The van der Waals surface area contributed by atoms with Crippen molar-refractivity contribution in [2.45, 2.75) is 19.4 Å². The van der Waals surface area contributed by atoms with Crippen LogP contribution in [0.2, 0.25) is 0 Å². The minimum atomic E-state index is -1.51. The molecule has 0 aliphatic rings. The third kappa shape index (κ3) is 4.58. The number of hydrogen-bond acceptors (Lipinski definition) is 6. The predicted octanol–water partition coefficient (Wildman–Crippen LogP) is 0.554. The lowest BCUT2D eigenvalue weighted by Gasteiger charge is -2.20. The van der Waals surface area contributed by atoms with E-state index in [-0.39, 0.29) is 5.71 Å². The van der Waals surface area contributed by atoms with Crippen LogP contribution in [0.15, 0.2) is 35.5 Å². The molecule has 0 aliphatic carbocycles. The quantitative estimate of drug-likeness (QED) is 0.467. The first kappa shape index (κ1) is 17.2. The standard InChI is InChI=1S/C14H17N3O5/c1-14(2,12(19)16-13(15)20)22-17-10(11(18)21-3)9-7-5-4-6-8-9/h4-8H,1-3H3,(H3,15,16,19,20). The highest BCUT2D eigenvalue weighted by molar-refractivity contribution is 6.43. The first-order valence-electron chi connectivity index (χ1n) is 6.28. The summed E-state index contributed by atoms with van der Waals surface area (Å²) < 4.78 is 4.63. The molecule has 8 heteroatoms. The van der Waals surface area contributed by atoms with Gasteiger partial charge < -0.3 is 15.3 Å². The van der Waals surface area contributed by atoms with Gasteiger partial charge in [0.05, 0.1) is 7.11 Å². The van der Waals surface area contributed by atoms with Crippen LogP contribution >= 0.6 is 0 Å². The Hall–Kier alpha value is -2.90. The van der Waals surface area contributed by atoms with Crippen molar-refractivity contribution in [2.75, 3.05) is 7.11 Å². The van der Waals surface area contributed by atoms with Gasteiger partial charge in [-0.05, 0) is 13.8 Å². The third-order valence-electron chi connectivity index (χ3n) is 2.57. The van der Waals surface area contributed by atoms with E-state index in [1.54, 1.807) is 30.3 Å². The van der Waals surface area contributed by atoms with Crippen molar-refractivity contribution in [3.63, 3.8) is 0 Å². The maximum absolute atomic E-state index is 11.8. The fraction of sp³-hybridized carbons (Fsp3) is 0.286. The molecule has 0 radical (unpaired) electrons. The minimum Gasteiger partial charge on any atom is -0.464 e. The number of methoxy groups -OCH3 is 1. The number of primary amides is 1. The Labute approximate surface area is 127 Å². The van der Waals surface area contributed by atoms with Crippen LogP contribution in [0.25, 0.3) is 0 Å². The van der Waals surface area contributed by atoms with Crippen LogP contribution < -0.4 is 11.1 Å². The number of nitrogens with one attached hydrogen (secondary N) is 1. The highest BCUT2D eigenvalue weighted by Gasteiger charge is 2.32. The third-order valence-corrected chi connectivity index (χ3v) is 2.57. The summed E-state index contributed by atoms with van der Waals surface area (Å²) in [6.07, 6.45) is 0. The number of rotatable bonds is 5. The summed E-state index contributed by atoms with van der Waals surface area (Å²) in [7, 11) is 1.20. The molecule has 1 aromatic carbocycles. The molecule has 0 spiro atoms. The van der Waals surface area contributed by atoms with Crippen molar-refractivity contribution in [3.8, 4) is 0 Å². The van der Waals surface area contributed by atoms with E-state index in [0.29, 0.717) is 5.56 Å². The van der Waals surface area contributed by atoms with E-state index in [1.807, 2.05) is 5.32 Å². The molecule has 0 heterocycles. The van der Waals surface area contributed by atoms with E-state index < -0.39 is 23.5 Å². The van der Waals surface area contributed by atoms with Crippen LogP contribution in [-0.4, -0.2) is 36.3 Å². The Bertz CT molecular complexity index is 596. The van der Waals surface area contributed by atoms with Crippen LogP contribution in [-0.2, 0) is 19.2 Å². The smallest absolute Gasteiger partial charge is 0.360 e. The van der Waals surface area contributed by atoms with Gasteiger partial charge in [-0.3, -0.25) is 10.1 Å². The van der Waals surface area contributed by atoms with Crippen LogP contribution in [0.5, 0.6) is 0 Å². The van der Waals surface area contributed by atoms with Crippen LogP contribution in [0, 0.1) is 0 Å². The van der Waals surface area contributed by atoms with Crippen molar-refractivity contribution in [1.82, 2.24) is 5.32 Å². The lowest BCUT2D eigenvalue weighted by atomic mass is 10.1. The molecule has 0 aromatic heterocycles. The largest absolute Gasteiger partial charge is 0.464 e. The summed E-state index contributed by atoms with van der Waals surface area (Å²) in [5.74, 6) is -1.52. The molecule has 0 saturated carbocycles. The molecule has 0 saturated heterocycles. The number of benzene rings is 1. The number of carbonyl (C=O) groups is 3. The lowest BCUT2D eigenvalue weighted by Crippen LogP contribution is -2.48. The van der Waals surface area contributed by atoms with Crippen LogP contribution in [0.4, 0.5) is 4.79 Å². The first-order chi connectivity index (χ1) is 10.3. The number of ether oxygens (including phenoxy) is 1. The SMILES string of the molecule is COC(=O)C(=NOC(C)(C)C(=O)NC(N)=O)c1ccccc1. The molecule has 22 heavy (non-hydrogen) atoms. The molecule has 0 aliphatic heterocycles. The van der Waals surface area contributed by atoms with E-state index in [9.17, 15) is 14.4 Å². The molecule has 3 N–H and O–H groups in total. The number of nitrogens with zero attached hydrogens (tertiary/aromatic N) is 1. The van der Waals surface area contributed by atoms with E-state index >= 15 is 0 Å². The molecule has 1 aromatic rings. The Morgan fingerprint density at radius 3 is 2.27 bits per heavy atom. The van der Waals surface area contributed by atoms with E-state index in [1.165, 1.54) is 21.0 Å². The zero-order valence-corrected chi connectivity index (χ0v) is 12.5. The molecule has 3 amide bonds. The van der Waals surface area contributed by atoms with Gasteiger partial charge >= 0.3 is 12.0 Å². The summed E-state index contributed by atoms with van der Waals surface area (Å²) in [6.45, 7) is 2.74. The monoisotopic (exact) mass is 307 g/mol. The maximum Gasteiger partial charge on any atom is 0.360 e. The summed E-state index contributed by atoms with van der Waals surface area (Å²) >= 11 is 0. The number of oxime groups is 1. The molecule has 0 bridgehead atoms. The number of esters is 1. The van der Waals surface area contributed by atoms with Gasteiger partial charge in [0.1, 0.15) is 0 Å². The van der Waals surface area contributed by atoms with E-state index in [0.717, 1.165) is 0 Å². The normalized spacial score (nSPS) is 11.5. The number of imide groups is 1. The second kappa shape index (κ2) is 7.21. The van der Waals surface area contributed by atoms with Crippen molar-refractivity contribution >= 4 is 23.6 Å². The van der Waals surface area contributed by atoms with Crippen molar-refractivity contribution < 1.29 is 24.0 Å². The van der Waals surface area contributed by atoms with Gasteiger partial charge in [0.15, 0.2) is 5.71 Å². The minimum absolute atomic E-state index is 0.108. The number of urea groups is 1. The summed E-state index contributed by atoms with van der Waals surface area (Å²) in [4.78, 5) is 39.3. The lowest BCUT2D eigenvalue weighted by molar-refractivity contribution is -0.142. The van der Waals surface area contributed by atoms with Crippen molar-refractivity contribution in [3.05, 3.63) is 35.9 Å². The van der Waals surface area contributed by atoms with E-state index in [2.05, 4.69) is 9.89 Å². The Balaban J connectivity index is 3.01. The Morgan fingerprint density at radius 1 is 1.18 bits per heavy atom. The number of carbonyl (C=O) groups excluding carboxylic acids is 3. The zero-order chi connectivity index (χ0) is 16.8. The second-order valence-corrected chi connectivity index (χ2v) is 4.72.